The lowest BCUT2D eigenvalue weighted by atomic mass is 9.77. The van der Waals surface area contributed by atoms with Gasteiger partial charge in [0.15, 0.2) is 0 Å². The third-order valence-electron chi connectivity index (χ3n) is 6.29. The maximum Gasteiger partial charge on any atom is 0.362 e. The minimum absolute atomic E-state index is 0.118. The Hall–Kier alpha value is -2.96. The fourth-order valence-corrected chi connectivity index (χ4v) is 3.76. The smallest absolute Gasteiger partial charge is 0.273 e. The highest BCUT2D eigenvalue weighted by atomic mass is 16.7. The fraction of sp³-hybridized carbons (Fsp3) is 0.448. The van der Waals surface area contributed by atoms with Gasteiger partial charge in [-0.25, -0.2) is 15.7 Å². The van der Waals surface area contributed by atoms with Crippen molar-refractivity contribution in [1.82, 2.24) is 15.9 Å². The van der Waals surface area contributed by atoms with Crippen LogP contribution in [0.4, 0.5) is 4.79 Å². The molecule has 2 N–H and O–H groups in total. The monoisotopic (exact) mass is 479 g/mol. The molecule has 0 spiro atoms. The average molecular weight is 480 g/mol. The number of imide groups is 1. The Kier molecular flexibility index (Phi) is 11.7. The van der Waals surface area contributed by atoms with Gasteiger partial charge in [-0.1, -0.05) is 101 Å². The summed E-state index contributed by atoms with van der Waals surface area (Å²) < 4.78 is 0. The van der Waals surface area contributed by atoms with Crippen molar-refractivity contribution >= 4 is 11.9 Å². The second kappa shape index (κ2) is 14.4. The summed E-state index contributed by atoms with van der Waals surface area (Å²) in [5, 5.41) is 1.06. The van der Waals surface area contributed by atoms with Crippen LogP contribution in [0.15, 0.2) is 73.3 Å². The third-order valence-corrected chi connectivity index (χ3v) is 6.29. The van der Waals surface area contributed by atoms with Crippen LogP contribution in [0.2, 0.25) is 0 Å². The molecule has 0 aliphatic rings. The highest BCUT2D eigenvalue weighted by molar-refractivity contribution is 5.93. The molecule has 6 nitrogen and oxygen atoms in total. The number of hydrogen-bond donors (Lipinski definition) is 2. The Bertz CT molecular complexity index is 915. The molecule has 0 unspecified atom stereocenters. The fourth-order valence-electron chi connectivity index (χ4n) is 3.76. The Morgan fingerprint density at radius 2 is 1.71 bits per heavy atom. The molecule has 0 saturated heterocycles. The molecule has 0 saturated carbocycles. The number of nitrogens with zero attached hydrogens (tertiary/aromatic N) is 1. The molecule has 6 heteroatoms. The molecule has 0 aromatic heterocycles. The molecule has 2 atom stereocenters. The van der Waals surface area contributed by atoms with Crippen LogP contribution in [-0.4, -0.2) is 23.5 Å². The van der Waals surface area contributed by atoms with Crippen molar-refractivity contribution in [2.75, 3.05) is 6.54 Å². The number of allylic oxidation sites excluding steroid dienone is 1. The molecule has 0 aliphatic carbocycles. The summed E-state index contributed by atoms with van der Waals surface area (Å²) in [6.07, 6.45) is 4.65. The number of hydroxylamine groups is 1. The molecule has 0 bridgehead atoms. The van der Waals surface area contributed by atoms with E-state index in [4.69, 9.17) is 4.84 Å². The van der Waals surface area contributed by atoms with Gasteiger partial charge in [-0.2, -0.15) is 5.01 Å². The van der Waals surface area contributed by atoms with Crippen LogP contribution in [0.5, 0.6) is 0 Å². The quantitative estimate of drug-likeness (QED) is 0.244. The Morgan fingerprint density at radius 1 is 1.09 bits per heavy atom. The zero-order valence-electron chi connectivity index (χ0n) is 21.6. The number of carbonyl (C=O) groups is 2. The van der Waals surface area contributed by atoms with E-state index in [1.54, 1.807) is 0 Å². The lowest BCUT2D eigenvalue weighted by molar-refractivity contribution is -0.132. The van der Waals surface area contributed by atoms with E-state index < -0.39 is 6.03 Å². The lowest BCUT2D eigenvalue weighted by Gasteiger charge is -2.30. The van der Waals surface area contributed by atoms with E-state index in [1.807, 2.05) is 54.6 Å². The van der Waals surface area contributed by atoms with E-state index in [-0.39, 0.29) is 30.3 Å². The van der Waals surface area contributed by atoms with Crippen molar-refractivity contribution in [1.29, 1.82) is 0 Å². The van der Waals surface area contributed by atoms with Crippen molar-refractivity contribution in [3.63, 3.8) is 0 Å². The van der Waals surface area contributed by atoms with Gasteiger partial charge in [-0.3, -0.25) is 9.63 Å². The minimum Gasteiger partial charge on any atom is -0.273 e. The minimum atomic E-state index is -0.611. The van der Waals surface area contributed by atoms with Crippen LogP contribution < -0.4 is 10.9 Å². The van der Waals surface area contributed by atoms with Crippen molar-refractivity contribution in [3.8, 4) is 0 Å². The summed E-state index contributed by atoms with van der Waals surface area (Å²) in [6.45, 7) is 13.2. The van der Waals surface area contributed by atoms with E-state index in [0.29, 0.717) is 18.9 Å². The van der Waals surface area contributed by atoms with Crippen LogP contribution in [-0.2, 0) is 16.2 Å². The molecular formula is C29H41N3O3. The number of rotatable bonds is 14. The van der Waals surface area contributed by atoms with Gasteiger partial charge in [0.2, 0.25) is 5.91 Å². The summed E-state index contributed by atoms with van der Waals surface area (Å²) in [6, 6.07) is 19.2. The molecule has 190 valence electrons. The molecule has 0 heterocycles. The number of carbonyl (C=O) groups excluding carboxylic acids is 2. The second-order valence-electron chi connectivity index (χ2n) is 9.91. The topological polar surface area (TPSA) is 70.7 Å². The Labute approximate surface area is 210 Å². The van der Waals surface area contributed by atoms with Gasteiger partial charge in [0.1, 0.15) is 0 Å². The molecule has 2 aromatic carbocycles. The normalized spacial score (nSPS) is 13.0. The molecule has 0 radical (unpaired) electrons. The van der Waals surface area contributed by atoms with Gasteiger partial charge in [-0.05, 0) is 35.3 Å². The summed E-state index contributed by atoms with van der Waals surface area (Å²) in [7, 11) is 0. The highest BCUT2D eigenvalue weighted by Gasteiger charge is 2.27. The number of benzene rings is 2. The zero-order chi connectivity index (χ0) is 25.7. The number of hydrogen-bond acceptors (Lipinski definition) is 4. The van der Waals surface area contributed by atoms with E-state index >= 15 is 0 Å². The van der Waals surface area contributed by atoms with E-state index in [0.717, 1.165) is 23.4 Å². The van der Waals surface area contributed by atoms with Crippen LogP contribution >= 0.6 is 0 Å². The first-order valence-electron chi connectivity index (χ1n) is 12.5. The van der Waals surface area contributed by atoms with E-state index in [9.17, 15) is 9.59 Å². The van der Waals surface area contributed by atoms with Crippen molar-refractivity contribution in [2.24, 2.45) is 11.3 Å². The van der Waals surface area contributed by atoms with Crippen LogP contribution in [0.3, 0.4) is 0 Å². The second-order valence-corrected chi connectivity index (χ2v) is 9.91. The van der Waals surface area contributed by atoms with Gasteiger partial charge in [0.05, 0.1) is 6.61 Å². The molecular weight excluding hydrogens is 438 g/mol. The van der Waals surface area contributed by atoms with Gasteiger partial charge >= 0.3 is 6.03 Å². The third kappa shape index (κ3) is 10.0. The number of hydrazine groups is 1. The number of nitrogens with one attached hydrogen (secondary N) is 2. The predicted molar refractivity (Wildman–Crippen MR) is 141 cm³/mol. The van der Waals surface area contributed by atoms with Crippen molar-refractivity contribution in [3.05, 3.63) is 84.4 Å². The maximum atomic E-state index is 13.1. The Balaban J connectivity index is 1.96. The Morgan fingerprint density at radius 3 is 2.31 bits per heavy atom. The SMILES string of the molecule is C=C[C@@H](CC(C)(C)CCC(=O)N(NC[C@@H](C)CC)C(=O)NOCc1ccccc1)c1ccccc1. The van der Waals surface area contributed by atoms with Crippen LogP contribution in [0.1, 0.15) is 70.4 Å². The average Bonchev–Trinajstić information content (AvgIpc) is 2.87. The zero-order valence-corrected chi connectivity index (χ0v) is 21.6. The summed E-state index contributed by atoms with van der Waals surface area (Å²) >= 11 is 0. The summed E-state index contributed by atoms with van der Waals surface area (Å²) in [5.41, 5.74) is 7.44. The molecule has 3 amide bonds. The molecule has 0 aliphatic heterocycles. The first-order chi connectivity index (χ1) is 16.8. The van der Waals surface area contributed by atoms with Crippen molar-refractivity contribution in [2.45, 2.75) is 65.9 Å². The van der Waals surface area contributed by atoms with Crippen LogP contribution in [0, 0.1) is 11.3 Å². The van der Waals surface area contributed by atoms with E-state index in [1.165, 1.54) is 5.56 Å². The van der Waals surface area contributed by atoms with Gasteiger partial charge < -0.3 is 0 Å². The molecule has 35 heavy (non-hydrogen) atoms. The first-order valence-corrected chi connectivity index (χ1v) is 12.5. The predicted octanol–water partition coefficient (Wildman–Crippen LogP) is 6.37. The summed E-state index contributed by atoms with van der Waals surface area (Å²) in [5.74, 6) is 0.242. The van der Waals surface area contributed by atoms with Gasteiger partial charge in [-0.15, -0.1) is 6.58 Å². The largest absolute Gasteiger partial charge is 0.362 e. The molecule has 2 rings (SSSR count). The molecule has 0 fully saturated rings. The first kappa shape index (κ1) is 28.3. The molecule has 2 aromatic rings. The van der Waals surface area contributed by atoms with E-state index in [2.05, 4.69) is 57.3 Å². The van der Waals surface area contributed by atoms with Gasteiger partial charge in [0, 0.05) is 18.9 Å². The maximum absolute atomic E-state index is 13.1. The standard InChI is InChI=1S/C29H41N3O3/c1-6-23(3)21-30-32(28(34)31-35-22-24-14-10-8-11-15-24)27(33)18-19-29(4,5)20-25(7-2)26-16-12-9-13-17-26/h7-17,23,25,30H,2,6,18-22H2,1,3-5H3,(H,31,34)/t23-,25-/m0/s1. The summed E-state index contributed by atoms with van der Waals surface area (Å²) in [4.78, 5) is 31.3. The number of amides is 3. The number of urea groups is 1. The van der Waals surface area contributed by atoms with Crippen molar-refractivity contribution < 1.29 is 14.4 Å². The van der Waals surface area contributed by atoms with Crippen LogP contribution in [0.25, 0.3) is 0 Å². The lowest BCUT2D eigenvalue weighted by Crippen LogP contribution is -2.52. The highest BCUT2D eigenvalue weighted by Crippen LogP contribution is 2.36. The van der Waals surface area contributed by atoms with Gasteiger partial charge in [0.25, 0.3) is 0 Å².